The van der Waals surface area contributed by atoms with Crippen LogP contribution in [-0.4, -0.2) is 22.7 Å². The number of aliphatic hydroxyl groups excluding tert-OH is 1. The SMILES string of the molecule is CCNc1nc2c(s1)C1=CC[C@H]3[C@@H]4CC[C@H](O)[C@@]4(C)CC[C@@H]3[C@@]1(C)CC2. The molecular formula is C22H32N2OS. The number of fused-ring (bicyclic) bond motifs is 7. The molecule has 2 N–H and O–H groups in total. The topological polar surface area (TPSA) is 45.2 Å². The summed E-state index contributed by atoms with van der Waals surface area (Å²) in [6.07, 6.45) is 10.8. The van der Waals surface area contributed by atoms with Gasteiger partial charge in [0.05, 0.1) is 16.7 Å². The molecule has 0 saturated heterocycles. The molecule has 0 aliphatic heterocycles. The van der Waals surface area contributed by atoms with E-state index in [0.717, 1.165) is 36.4 Å². The highest BCUT2D eigenvalue weighted by molar-refractivity contribution is 7.16. The van der Waals surface area contributed by atoms with Gasteiger partial charge in [-0.3, -0.25) is 0 Å². The molecule has 0 unspecified atom stereocenters. The van der Waals surface area contributed by atoms with E-state index >= 15 is 0 Å². The van der Waals surface area contributed by atoms with Gasteiger partial charge in [0.1, 0.15) is 0 Å². The van der Waals surface area contributed by atoms with Gasteiger partial charge >= 0.3 is 0 Å². The minimum atomic E-state index is -0.0752. The van der Waals surface area contributed by atoms with Crippen LogP contribution in [0.2, 0.25) is 0 Å². The van der Waals surface area contributed by atoms with Gasteiger partial charge in [0.15, 0.2) is 5.13 Å². The number of nitrogens with one attached hydrogen (secondary N) is 1. The third-order valence-electron chi connectivity index (χ3n) is 8.57. The second-order valence-corrected chi connectivity index (χ2v) is 10.6. The molecule has 26 heavy (non-hydrogen) atoms. The number of rotatable bonds is 2. The molecule has 0 radical (unpaired) electrons. The van der Waals surface area contributed by atoms with Crippen molar-refractivity contribution in [3.8, 4) is 0 Å². The van der Waals surface area contributed by atoms with E-state index < -0.39 is 0 Å². The normalized spacial score (nSPS) is 43.8. The molecule has 2 fully saturated rings. The number of aryl methyl sites for hydroxylation is 1. The fourth-order valence-corrected chi connectivity index (χ4v) is 8.33. The fraction of sp³-hybridized carbons (Fsp3) is 0.773. The summed E-state index contributed by atoms with van der Waals surface area (Å²) in [4.78, 5) is 6.34. The van der Waals surface area contributed by atoms with Crippen molar-refractivity contribution in [2.45, 2.75) is 71.8 Å². The van der Waals surface area contributed by atoms with Gasteiger partial charge in [-0.15, -0.1) is 0 Å². The highest BCUT2D eigenvalue weighted by Gasteiger charge is 2.58. The molecule has 0 aromatic carbocycles. The van der Waals surface area contributed by atoms with Crippen LogP contribution in [0.25, 0.3) is 5.57 Å². The largest absolute Gasteiger partial charge is 0.393 e. The summed E-state index contributed by atoms with van der Waals surface area (Å²) in [6.45, 7) is 8.00. The number of anilines is 1. The molecule has 4 aliphatic rings. The van der Waals surface area contributed by atoms with Crippen LogP contribution in [0.1, 0.15) is 69.9 Å². The fourth-order valence-electron chi connectivity index (χ4n) is 7.08. The lowest BCUT2D eigenvalue weighted by Crippen LogP contribution is -2.50. The monoisotopic (exact) mass is 372 g/mol. The first-order valence-electron chi connectivity index (χ1n) is 10.6. The van der Waals surface area contributed by atoms with Gasteiger partial charge < -0.3 is 10.4 Å². The zero-order chi connectivity index (χ0) is 18.1. The third-order valence-corrected chi connectivity index (χ3v) is 9.65. The van der Waals surface area contributed by atoms with Crippen LogP contribution in [-0.2, 0) is 6.42 Å². The molecule has 4 heteroatoms. The highest BCUT2D eigenvalue weighted by atomic mass is 32.1. The maximum Gasteiger partial charge on any atom is 0.183 e. The Morgan fingerprint density at radius 3 is 2.88 bits per heavy atom. The Morgan fingerprint density at radius 1 is 1.23 bits per heavy atom. The van der Waals surface area contributed by atoms with Gasteiger partial charge in [-0.05, 0) is 86.0 Å². The number of hydrogen-bond acceptors (Lipinski definition) is 4. The van der Waals surface area contributed by atoms with Crippen LogP contribution in [0.4, 0.5) is 5.13 Å². The minimum absolute atomic E-state index is 0.0752. The number of aromatic nitrogens is 1. The van der Waals surface area contributed by atoms with Crippen molar-refractivity contribution < 1.29 is 5.11 Å². The van der Waals surface area contributed by atoms with Crippen molar-refractivity contribution in [2.24, 2.45) is 28.6 Å². The molecule has 1 heterocycles. The van der Waals surface area contributed by atoms with Gasteiger partial charge in [-0.25, -0.2) is 4.98 Å². The lowest BCUT2D eigenvalue weighted by molar-refractivity contribution is -0.0579. The Kier molecular flexibility index (Phi) is 3.85. The molecule has 4 aliphatic carbocycles. The number of thiazole rings is 1. The van der Waals surface area contributed by atoms with Crippen LogP contribution >= 0.6 is 11.3 Å². The second-order valence-electron chi connectivity index (χ2n) is 9.61. The smallest absolute Gasteiger partial charge is 0.183 e. The Labute approximate surface area is 161 Å². The summed E-state index contributed by atoms with van der Waals surface area (Å²) in [5.74, 6) is 2.26. The lowest BCUT2D eigenvalue weighted by Gasteiger charge is -2.56. The zero-order valence-corrected chi connectivity index (χ0v) is 17.2. The van der Waals surface area contributed by atoms with Crippen LogP contribution in [0, 0.1) is 28.6 Å². The summed E-state index contributed by atoms with van der Waals surface area (Å²) in [5.41, 5.74) is 3.40. The first-order valence-corrected chi connectivity index (χ1v) is 11.4. The third kappa shape index (κ3) is 2.18. The summed E-state index contributed by atoms with van der Waals surface area (Å²) in [6, 6.07) is 0. The Bertz CT molecular complexity index is 755. The molecule has 0 bridgehead atoms. The molecule has 3 nitrogen and oxygen atoms in total. The quantitative estimate of drug-likeness (QED) is 0.757. The lowest BCUT2D eigenvalue weighted by atomic mass is 9.48. The molecule has 1 aromatic rings. The number of nitrogens with zero attached hydrogens (tertiary/aromatic N) is 1. The van der Waals surface area contributed by atoms with Crippen molar-refractivity contribution in [1.82, 2.24) is 4.98 Å². The number of hydrogen-bond donors (Lipinski definition) is 2. The van der Waals surface area contributed by atoms with Crippen LogP contribution in [0.3, 0.4) is 0 Å². The minimum Gasteiger partial charge on any atom is -0.393 e. The van der Waals surface area contributed by atoms with E-state index in [4.69, 9.17) is 4.98 Å². The first-order chi connectivity index (χ1) is 12.5. The van der Waals surface area contributed by atoms with E-state index in [1.807, 2.05) is 11.3 Å². The zero-order valence-electron chi connectivity index (χ0n) is 16.3. The molecule has 142 valence electrons. The molecule has 0 spiro atoms. The molecule has 5 rings (SSSR count). The van der Waals surface area contributed by atoms with Crippen molar-refractivity contribution >= 4 is 22.0 Å². The number of allylic oxidation sites excluding steroid dienone is 2. The number of aliphatic hydroxyl groups is 1. The molecule has 6 atom stereocenters. The maximum absolute atomic E-state index is 10.6. The maximum atomic E-state index is 10.6. The summed E-state index contributed by atoms with van der Waals surface area (Å²) in [7, 11) is 0. The average molecular weight is 373 g/mol. The highest BCUT2D eigenvalue weighted by Crippen LogP contribution is 2.66. The van der Waals surface area contributed by atoms with Gasteiger partial charge in [-0.2, -0.15) is 0 Å². The summed E-state index contributed by atoms with van der Waals surface area (Å²) >= 11 is 1.87. The van der Waals surface area contributed by atoms with Gasteiger partial charge in [0.25, 0.3) is 0 Å². The van der Waals surface area contributed by atoms with E-state index in [-0.39, 0.29) is 11.5 Å². The Balaban J connectivity index is 1.53. The van der Waals surface area contributed by atoms with Gasteiger partial charge in [-0.1, -0.05) is 31.3 Å². The molecule has 2 saturated carbocycles. The first kappa shape index (κ1) is 17.2. The standard InChI is InChI=1S/C22H32N2OS/c1-4-23-20-24-17-10-12-21(2)15-9-11-22(3)14(7-8-18(22)25)13(15)5-6-16(21)19(17)26-20/h6,13-15,18,25H,4-5,7-12H2,1-3H3,(H,23,24)/t13-,14-,15-,18-,21+,22-/m0/s1. The molecule has 1 aromatic heterocycles. The van der Waals surface area contributed by atoms with E-state index in [0.29, 0.717) is 11.3 Å². The predicted octanol–water partition coefficient (Wildman–Crippen LogP) is 5.12. The van der Waals surface area contributed by atoms with Gasteiger partial charge in [0.2, 0.25) is 0 Å². The Hall–Kier alpha value is -0.870. The van der Waals surface area contributed by atoms with Crippen molar-refractivity contribution in [3.05, 3.63) is 16.6 Å². The summed E-state index contributed by atoms with van der Waals surface area (Å²) < 4.78 is 0. The average Bonchev–Trinajstić information content (AvgIpc) is 3.15. The van der Waals surface area contributed by atoms with E-state index in [2.05, 4.69) is 32.2 Å². The predicted molar refractivity (Wildman–Crippen MR) is 108 cm³/mol. The van der Waals surface area contributed by atoms with Crippen molar-refractivity contribution in [2.75, 3.05) is 11.9 Å². The second kappa shape index (κ2) is 5.81. The molecule has 0 amide bonds. The summed E-state index contributed by atoms with van der Waals surface area (Å²) in [5, 5.41) is 15.1. The van der Waals surface area contributed by atoms with Crippen LogP contribution in [0.5, 0.6) is 0 Å². The Morgan fingerprint density at radius 2 is 2.08 bits per heavy atom. The van der Waals surface area contributed by atoms with Gasteiger partial charge in [0, 0.05) is 6.54 Å². The van der Waals surface area contributed by atoms with Crippen molar-refractivity contribution in [1.29, 1.82) is 0 Å². The van der Waals surface area contributed by atoms with Crippen LogP contribution < -0.4 is 5.32 Å². The molecular weight excluding hydrogens is 340 g/mol. The van der Waals surface area contributed by atoms with E-state index in [1.54, 1.807) is 5.57 Å². The van der Waals surface area contributed by atoms with Crippen molar-refractivity contribution in [3.63, 3.8) is 0 Å². The van der Waals surface area contributed by atoms with E-state index in [1.165, 1.54) is 42.7 Å². The van der Waals surface area contributed by atoms with E-state index in [9.17, 15) is 5.11 Å². The van der Waals surface area contributed by atoms with Crippen LogP contribution in [0.15, 0.2) is 6.08 Å².